The molecule has 0 spiro atoms. The number of fused-ring (bicyclic) bond motifs is 1. The lowest BCUT2D eigenvalue weighted by atomic mass is 10.1. The summed E-state index contributed by atoms with van der Waals surface area (Å²) in [5, 5.41) is 7.56. The summed E-state index contributed by atoms with van der Waals surface area (Å²) in [5.41, 5.74) is 6.21. The van der Waals surface area contributed by atoms with Gasteiger partial charge in [0.1, 0.15) is 12.1 Å². The fourth-order valence-corrected chi connectivity index (χ4v) is 4.26. The molecule has 0 saturated carbocycles. The minimum atomic E-state index is 0.0700. The predicted molar refractivity (Wildman–Crippen MR) is 129 cm³/mol. The van der Waals surface area contributed by atoms with Crippen molar-refractivity contribution in [1.82, 2.24) is 24.5 Å². The number of hydrogen-bond donors (Lipinski definition) is 1. The van der Waals surface area contributed by atoms with Crippen LogP contribution < -0.4 is 10.2 Å². The summed E-state index contributed by atoms with van der Waals surface area (Å²) in [4.78, 5) is 25.9. The zero-order valence-corrected chi connectivity index (χ0v) is 19.1. The molecule has 1 fully saturated rings. The van der Waals surface area contributed by atoms with Gasteiger partial charge in [-0.25, -0.2) is 4.98 Å². The molecule has 33 heavy (non-hydrogen) atoms. The third kappa shape index (κ3) is 4.24. The number of amides is 1. The molecule has 8 nitrogen and oxygen atoms in total. The number of nitrogens with one attached hydrogen (secondary N) is 1. The van der Waals surface area contributed by atoms with E-state index in [0.717, 1.165) is 30.3 Å². The molecule has 1 amide bonds. The zero-order valence-electron chi connectivity index (χ0n) is 19.1. The Kier molecular flexibility index (Phi) is 5.42. The maximum absolute atomic E-state index is 13.1. The molecule has 2 aromatic heterocycles. The van der Waals surface area contributed by atoms with Crippen molar-refractivity contribution in [3.63, 3.8) is 0 Å². The summed E-state index contributed by atoms with van der Waals surface area (Å²) in [6, 6.07) is 16.0. The van der Waals surface area contributed by atoms with Gasteiger partial charge < -0.3 is 15.1 Å². The molecule has 8 heteroatoms. The molecule has 0 unspecified atom stereocenters. The van der Waals surface area contributed by atoms with Gasteiger partial charge in [-0.05, 0) is 62.2 Å². The molecule has 4 aromatic rings. The average Bonchev–Trinajstić information content (AvgIpc) is 3.29. The Morgan fingerprint density at radius 2 is 1.70 bits per heavy atom. The molecular formula is C25H27N7O. The van der Waals surface area contributed by atoms with E-state index in [0.29, 0.717) is 24.4 Å². The van der Waals surface area contributed by atoms with E-state index in [2.05, 4.69) is 57.3 Å². The van der Waals surface area contributed by atoms with E-state index < -0.39 is 0 Å². The molecule has 1 saturated heterocycles. The van der Waals surface area contributed by atoms with E-state index in [9.17, 15) is 4.79 Å². The molecule has 168 valence electrons. The minimum Gasteiger partial charge on any atom is -0.368 e. The van der Waals surface area contributed by atoms with Crippen molar-refractivity contribution in [2.75, 3.05) is 36.4 Å². The Morgan fingerprint density at radius 3 is 2.45 bits per heavy atom. The van der Waals surface area contributed by atoms with Crippen LogP contribution in [0.1, 0.15) is 27.2 Å². The first-order chi connectivity index (χ1) is 16.0. The fraction of sp³-hybridized carbons (Fsp3) is 0.280. The largest absolute Gasteiger partial charge is 0.368 e. The molecule has 3 heterocycles. The summed E-state index contributed by atoms with van der Waals surface area (Å²) < 4.78 is 1.65. The molecule has 2 aromatic carbocycles. The second-order valence-corrected chi connectivity index (χ2v) is 8.53. The molecule has 0 bridgehead atoms. The first-order valence-corrected chi connectivity index (χ1v) is 11.1. The quantitative estimate of drug-likeness (QED) is 0.520. The second kappa shape index (κ2) is 8.54. The molecule has 1 aliphatic heterocycles. The highest BCUT2D eigenvalue weighted by atomic mass is 16.2. The molecule has 0 radical (unpaired) electrons. The van der Waals surface area contributed by atoms with Gasteiger partial charge in [0.15, 0.2) is 0 Å². The smallest absolute Gasteiger partial charge is 0.254 e. The molecule has 0 aliphatic carbocycles. The van der Waals surface area contributed by atoms with Crippen LogP contribution in [0.4, 0.5) is 17.2 Å². The van der Waals surface area contributed by atoms with Crippen LogP contribution in [-0.4, -0.2) is 56.6 Å². The Balaban J connectivity index is 1.25. The van der Waals surface area contributed by atoms with Crippen LogP contribution in [0.15, 0.2) is 54.9 Å². The van der Waals surface area contributed by atoms with Gasteiger partial charge in [0.2, 0.25) is 0 Å². The summed E-state index contributed by atoms with van der Waals surface area (Å²) in [6.07, 6.45) is 1.48. The van der Waals surface area contributed by atoms with Crippen molar-refractivity contribution in [2.45, 2.75) is 20.8 Å². The molecule has 0 atom stereocenters. The zero-order chi connectivity index (χ0) is 22.9. The third-order valence-electron chi connectivity index (χ3n) is 6.06. The lowest BCUT2D eigenvalue weighted by Gasteiger charge is -2.37. The lowest BCUT2D eigenvalue weighted by molar-refractivity contribution is 0.0747. The van der Waals surface area contributed by atoms with E-state index in [1.54, 1.807) is 4.52 Å². The number of anilines is 3. The van der Waals surface area contributed by atoms with Crippen molar-refractivity contribution < 1.29 is 4.79 Å². The number of aryl methyl sites for hydroxylation is 3. The number of carbonyl (C=O) groups excluding carboxylic acids is 1. The van der Waals surface area contributed by atoms with Gasteiger partial charge in [-0.1, -0.05) is 12.1 Å². The molecule has 1 N–H and O–H groups in total. The summed E-state index contributed by atoms with van der Waals surface area (Å²) in [5.74, 6) is 1.39. The molecule has 1 aliphatic rings. The van der Waals surface area contributed by atoms with Crippen molar-refractivity contribution in [2.24, 2.45) is 0 Å². The number of piperazine rings is 1. The minimum absolute atomic E-state index is 0.0700. The van der Waals surface area contributed by atoms with Crippen LogP contribution in [0.5, 0.6) is 0 Å². The number of hydrogen-bond acceptors (Lipinski definition) is 6. The summed E-state index contributed by atoms with van der Waals surface area (Å²) in [6.45, 7) is 9.28. The third-order valence-corrected chi connectivity index (χ3v) is 6.06. The Bertz CT molecular complexity index is 1300. The van der Waals surface area contributed by atoms with Crippen molar-refractivity contribution in [3.8, 4) is 0 Å². The summed E-state index contributed by atoms with van der Waals surface area (Å²) in [7, 11) is 0. The van der Waals surface area contributed by atoms with Gasteiger partial charge >= 0.3 is 0 Å². The van der Waals surface area contributed by atoms with Gasteiger partial charge in [-0.15, -0.1) is 0 Å². The van der Waals surface area contributed by atoms with Crippen molar-refractivity contribution in [3.05, 3.63) is 77.2 Å². The fourth-order valence-electron chi connectivity index (χ4n) is 4.26. The van der Waals surface area contributed by atoms with E-state index in [1.165, 1.54) is 23.1 Å². The number of nitrogens with zero attached hydrogens (tertiary/aromatic N) is 6. The summed E-state index contributed by atoms with van der Waals surface area (Å²) >= 11 is 0. The van der Waals surface area contributed by atoms with E-state index in [1.807, 2.05) is 42.2 Å². The standard InChI is InChI=1S/C25H27N7O/c1-17-4-5-18(2)22(14-17)30-10-12-31(13-11-30)24(33)20-6-8-21(9-7-20)29-23-15-19(3)28-25-26-16-27-32(23)25/h4-9,14-16,29H,10-13H2,1-3H3. The van der Waals surface area contributed by atoms with E-state index >= 15 is 0 Å². The van der Waals surface area contributed by atoms with Gasteiger partial charge in [0.25, 0.3) is 11.7 Å². The van der Waals surface area contributed by atoms with Gasteiger partial charge in [-0.3, -0.25) is 4.79 Å². The number of carbonyl (C=O) groups is 1. The maximum atomic E-state index is 13.1. The van der Waals surface area contributed by atoms with E-state index in [4.69, 9.17) is 0 Å². The highest BCUT2D eigenvalue weighted by molar-refractivity contribution is 5.94. The van der Waals surface area contributed by atoms with Gasteiger partial charge in [0, 0.05) is 54.9 Å². The Hall–Kier alpha value is -3.94. The Morgan fingerprint density at radius 1 is 0.939 bits per heavy atom. The van der Waals surface area contributed by atoms with Crippen LogP contribution in [0.2, 0.25) is 0 Å². The van der Waals surface area contributed by atoms with Gasteiger partial charge in [-0.2, -0.15) is 14.6 Å². The van der Waals surface area contributed by atoms with E-state index in [-0.39, 0.29) is 5.91 Å². The van der Waals surface area contributed by atoms with Crippen molar-refractivity contribution in [1.29, 1.82) is 0 Å². The van der Waals surface area contributed by atoms with Crippen LogP contribution in [-0.2, 0) is 0 Å². The highest BCUT2D eigenvalue weighted by Gasteiger charge is 2.23. The monoisotopic (exact) mass is 441 g/mol. The highest BCUT2D eigenvalue weighted by Crippen LogP contribution is 2.24. The lowest BCUT2D eigenvalue weighted by Crippen LogP contribution is -2.49. The number of rotatable bonds is 4. The van der Waals surface area contributed by atoms with Crippen LogP contribution in [0.3, 0.4) is 0 Å². The van der Waals surface area contributed by atoms with Gasteiger partial charge in [0.05, 0.1) is 0 Å². The molecular weight excluding hydrogens is 414 g/mol. The predicted octanol–water partition coefficient (Wildman–Crippen LogP) is 3.76. The van der Waals surface area contributed by atoms with Crippen molar-refractivity contribution >= 4 is 28.9 Å². The van der Waals surface area contributed by atoms with Crippen LogP contribution in [0, 0.1) is 20.8 Å². The SMILES string of the molecule is Cc1ccc(C)c(N2CCN(C(=O)c3ccc(Nc4cc(C)nc5ncnn45)cc3)CC2)c1. The van der Waals surface area contributed by atoms with Crippen LogP contribution in [0.25, 0.3) is 5.78 Å². The average molecular weight is 442 g/mol. The van der Waals surface area contributed by atoms with Crippen LogP contribution >= 0.6 is 0 Å². The number of aromatic nitrogens is 4. The first kappa shape index (κ1) is 20.9. The molecule has 5 rings (SSSR count). The normalized spacial score (nSPS) is 14.0. The maximum Gasteiger partial charge on any atom is 0.254 e. The second-order valence-electron chi connectivity index (χ2n) is 8.53. The number of benzene rings is 2. The topological polar surface area (TPSA) is 78.7 Å². The Labute approximate surface area is 192 Å². The first-order valence-electron chi connectivity index (χ1n) is 11.1.